The molecule has 0 bridgehead atoms. The fraction of sp³-hybridized carbons (Fsp3) is 0.308. The van der Waals surface area contributed by atoms with Crippen LogP contribution in [0.2, 0.25) is 0 Å². The molecule has 0 spiro atoms. The molecule has 18 heavy (non-hydrogen) atoms. The number of ether oxygens (including phenoxy) is 1. The van der Waals surface area contributed by atoms with E-state index in [1.165, 1.54) is 0 Å². The highest BCUT2D eigenvalue weighted by molar-refractivity contribution is 7.80. The third-order valence-corrected chi connectivity index (χ3v) is 3.01. The summed E-state index contributed by atoms with van der Waals surface area (Å²) in [5.41, 5.74) is 7.59. The van der Waals surface area contributed by atoms with Gasteiger partial charge >= 0.3 is 0 Å². The molecule has 1 heterocycles. The zero-order chi connectivity index (χ0) is 13.0. The number of nitrogens with zero attached hydrogens (tertiary/aromatic N) is 1. The summed E-state index contributed by atoms with van der Waals surface area (Å²) in [6.07, 6.45) is 2.01. The fourth-order valence-corrected chi connectivity index (χ4v) is 1.99. The summed E-state index contributed by atoms with van der Waals surface area (Å²) in [4.78, 5) is 0.404. The molecule has 96 valence electrons. The molecule has 0 saturated carbocycles. The summed E-state index contributed by atoms with van der Waals surface area (Å²) in [5, 5.41) is 9.78. The Kier molecular flexibility index (Phi) is 4.30. The second-order valence-electron chi connectivity index (χ2n) is 3.98. The van der Waals surface area contributed by atoms with E-state index in [1.807, 2.05) is 30.5 Å². The molecule has 0 unspecified atom stereocenters. The molecule has 0 saturated heterocycles. The first-order chi connectivity index (χ1) is 8.72. The number of aromatic nitrogens is 1. The Morgan fingerprint density at radius 1 is 1.33 bits per heavy atom. The molecule has 2 aromatic rings. The van der Waals surface area contributed by atoms with Crippen LogP contribution in [0.15, 0.2) is 30.5 Å². The first-order valence-corrected chi connectivity index (χ1v) is 6.20. The largest absolute Gasteiger partial charge is 0.394 e. The quantitative estimate of drug-likeness (QED) is 0.609. The minimum absolute atomic E-state index is 0.0536. The number of thiocarbonyl (C=S) groups is 1. The van der Waals surface area contributed by atoms with Crippen molar-refractivity contribution in [3.63, 3.8) is 0 Å². The highest BCUT2D eigenvalue weighted by Crippen LogP contribution is 2.17. The van der Waals surface area contributed by atoms with Crippen LogP contribution in [0.1, 0.15) is 5.56 Å². The topological polar surface area (TPSA) is 60.4 Å². The van der Waals surface area contributed by atoms with Crippen LogP contribution in [0.3, 0.4) is 0 Å². The Balaban J connectivity index is 2.17. The maximum absolute atomic E-state index is 8.63. The number of rotatable bonds is 6. The molecule has 0 radical (unpaired) electrons. The highest BCUT2D eigenvalue weighted by atomic mass is 32.1. The van der Waals surface area contributed by atoms with Crippen molar-refractivity contribution < 1.29 is 9.84 Å². The lowest BCUT2D eigenvalue weighted by Gasteiger charge is -2.07. The van der Waals surface area contributed by atoms with E-state index in [-0.39, 0.29) is 6.61 Å². The third-order valence-electron chi connectivity index (χ3n) is 2.77. The maximum Gasteiger partial charge on any atom is 0.104 e. The number of hydrogen-bond donors (Lipinski definition) is 2. The van der Waals surface area contributed by atoms with Crippen molar-refractivity contribution in [1.29, 1.82) is 0 Å². The Morgan fingerprint density at radius 3 is 2.89 bits per heavy atom. The van der Waals surface area contributed by atoms with Gasteiger partial charge in [-0.1, -0.05) is 24.4 Å². The van der Waals surface area contributed by atoms with Crippen molar-refractivity contribution in [2.24, 2.45) is 5.73 Å². The molecule has 2 rings (SSSR count). The SMILES string of the molecule is NC(=S)c1ccc2ccn(CCOCCO)c2c1. The zero-order valence-electron chi connectivity index (χ0n) is 10.0. The summed E-state index contributed by atoms with van der Waals surface area (Å²) in [7, 11) is 0. The lowest BCUT2D eigenvalue weighted by molar-refractivity contribution is 0.0875. The van der Waals surface area contributed by atoms with Gasteiger partial charge in [0.1, 0.15) is 4.99 Å². The molecule has 0 atom stereocenters. The van der Waals surface area contributed by atoms with Crippen LogP contribution in [-0.4, -0.2) is 34.5 Å². The Morgan fingerprint density at radius 2 is 2.17 bits per heavy atom. The van der Waals surface area contributed by atoms with E-state index in [0.29, 0.717) is 18.2 Å². The van der Waals surface area contributed by atoms with E-state index in [2.05, 4.69) is 4.57 Å². The van der Waals surface area contributed by atoms with E-state index >= 15 is 0 Å². The van der Waals surface area contributed by atoms with Crippen molar-refractivity contribution in [3.8, 4) is 0 Å². The van der Waals surface area contributed by atoms with Gasteiger partial charge in [0.25, 0.3) is 0 Å². The van der Waals surface area contributed by atoms with Gasteiger partial charge in [0, 0.05) is 23.8 Å². The van der Waals surface area contributed by atoms with Gasteiger partial charge < -0.3 is 20.1 Å². The first-order valence-electron chi connectivity index (χ1n) is 5.79. The van der Waals surface area contributed by atoms with Crippen LogP contribution >= 0.6 is 12.2 Å². The van der Waals surface area contributed by atoms with Crippen LogP contribution in [0.5, 0.6) is 0 Å². The van der Waals surface area contributed by atoms with E-state index in [1.54, 1.807) is 0 Å². The maximum atomic E-state index is 8.63. The molecular formula is C13H16N2O2S. The van der Waals surface area contributed by atoms with Crippen molar-refractivity contribution in [3.05, 3.63) is 36.0 Å². The van der Waals surface area contributed by atoms with Gasteiger partial charge in [-0.15, -0.1) is 0 Å². The van der Waals surface area contributed by atoms with E-state index in [0.717, 1.165) is 23.0 Å². The number of aliphatic hydroxyl groups is 1. The Hall–Kier alpha value is -1.43. The summed E-state index contributed by atoms with van der Waals surface area (Å²) in [5.74, 6) is 0. The van der Waals surface area contributed by atoms with E-state index in [4.69, 9.17) is 27.8 Å². The standard InChI is InChI=1S/C13H16N2O2S/c14-13(18)11-2-1-10-3-4-15(12(10)9-11)5-7-17-8-6-16/h1-4,9,16H,5-8H2,(H2,14,18). The van der Waals surface area contributed by atoms with Gasteiger partial charge in [-0.3, -0.25) is 0 Å². The average molecular weight is 264 g/mol. The molecule has 3 N–H and O–H groups in total. The minimum atomic E-state index is 0.0536. The second kappa shape index (κ2) is 5.95. The average Bonchev–Trinajstić information content (AvgIpc) is 2.77. The van der Waals surface area contributed by atoms with Gasteiger partial charge in [0.15, 0.2) is 0 Å². The smallest absolute Gasteiger partial charge is 0.104 e. The number of benzene rings is 1. The van der Waals surface area contributed by atoms with Crippen molar-refractivity contribution in [1.82, 2.24) is 4.57 Å². The molecule has 1 aromatic carbocycles. The monoisotopic (exact) mass is 264 g/mol. The number of aliphatic hydroxyl groups excluding tert-OH is 1. The van der Waals surface area contributed by atoms with Crippen LogP contribution in [-0.2, 0) is 11.3 Å². The zero-order valence-corrected chi connectivity index (χ0v) is 10.8. The van der Waals surface area contributed by atoms with Gasteiger partial charge in [0.2, 0.25) is 0 Å². The van der Waals surface area contributed by atoms with Crippen LogP contribution in [0.4, 0.5) is 0 Å². The predicted molar refractivity (Wildman–Crippen MR) is 75.7 cm³/mol. The first kappa shape index (κ1) is 13.0. The third kappa shape index (κ3) is 2.87. The summed E-state index contributed by atoms with van der Waals surface area (Å²) in [6, 6.07) is 7.97. The number of fused-ring (bicyclic) bond motifs is 1. The molecule has 0 aliphatic carbocycles. The van der Waals surface area contributed by atoms with Crippen molar-refractivity contribution >= 4 is 28.1 Å². The molecule has 0 aliphatic heterocycles. The molecule has 1 aromatic heterocycles. The molecule has 0 fully saturated rings. The normalized spacial score (nSPS) is 10.9. The predicted octanol–water partition coefficient (Wildman–Crippen LogP) is 1.28. The number of hydrogen-bond acceptors (Lipinski definition) is 3. The molecule has 5 heteroatoms. The second-order valence-corrected chi connectivity index (χ2v) is 4.42. The van der Waals surface area contributed by atoms with Gasteiger partial charge in [0.05, 0.1) is 19.8 Å². The Bertz CT molecular complexity index is 551. The highest BCUT2D eigenvalue weighted by Gasteiger charge is 2.03. The van der Waals surface area contributed by atoms with Gasteiger partial charge in [-0.25, -0.2) is 0 Å². The van der Waals surface area contributed by atoms with Crippen LogP contribution < -0.4 is 5.73 Å². The lowest BCUT2D eigenvalue weighted by atomic mass is 10.1. The molecule has 0 amide bonds. The molecule has 4 nitrogen and oxygen atoms in total. The molecule has 0 aliphatic rings. The van der Waals surface area contributed by atoms with Crippen LogP contribution in [0.25, 0.3) is 10.9 Å². The number of nitrogens with two attached hydrogens (primary N) is 1. The summed E-state index contributed by atoms with van der Waals surface area (Å²) >= 11 is 4.98. The van der Waals surface area contributed by atoms with Crippen molar-refractivity contribution in [2.45, 2.75) is 6.54 Å². The minimum Gasteiger partial charge on any atom is -0.394 e. The molecular weight excluding hydrogens is 248 g/mol. The summed E-state index contributed by atoms with van der Waals surface area (Å²) < 4.78 is 7.35. The van der Waals surface area contributed by atoms with Crippen molar-refractivity contribution in [2.75, 3.05) is 19.8 Å². The van der Waals surface area contributed by atoms with Gasteiger partial charge in [-0.2, -0.15) is 0 Å². The lowest BCUT2D eigenvalue weighted by Crippen LogP contribution is -2.10. The Labute approximate surface area is 111 Å². The fourth-order valence-electron chi connectivity index (χ4n) is 1.86. The van der Waals surface area contributed by atoms with E-state index in [9.17, 15) is 0 Å². The van der Waals surface area contributed by atoms with E-state index < -0.39 is 0 Å². The van der Waals surface area contributed by atoms with Gasteiger partial charge in [-0.05, 0) is 17.5 Å². The van der Waals surface area contributed by atoms with Crippen LogP contribution in [0, 0.1) is 0 Å². The summed E-state index contributed by atoms with van der Waals surface area (Å²) in [6.45, 7) is 1.74.